The molecule has 3 nitrogen and oxygen atoms in total. The summed E-state index contributed by atoms with van der Waals surface area (Å²) in [6.45, 7) is 8.53. The first-order valence-corrected chi connectivity index (χ1v) is 8.26. The van der Waals surface area contributed by atoms with Crippen LogP contribution in [0.2, 0.25) is 0 Å². The third-order valence-corrected chi connectivity index (χ3v) is 4.28. The topological polar surface area (TPSA) is 44.5 Å². The molecule has 0 aliphatic heterocycles. The molecule has 1 unspecified atom stereocenters. The van der Waals surface area contributed by atoms with Crippen molar-refractivity contribution in [3.05, 3.63) is 24.3 Å². The standard InChI is InChI=1S/C18H31NO2/c1-4-7-12-18(5-2,15-19)13-14-21-17-11-9-8-10-16(17)20-6-3/h8-11H,4-7,12-15,19H2,1-3H3. The number of para-hydroxylation sites is 2. The van der Waals surface area contributed by atoms with Gasteiger partial charge >= 0.3 is 0 Å². The summed E-state index contributed by atoms with van der Waals surface area (Å²) in [5.74, 6) is 1.65. The van der Waals surface area contributed by atoms with Crippen LogP contribution in [0.4, 0.5) is 0 Å². The van der Waals surface area contributed by atoms with Crippen molar-refractivity contribution in [3.63, 3.8) is 0 Å². The van der Waals surface area contributed by atoms with Gasteiger partial charge in [0.1, 0.15) is 0 Å². The van der Waals surface area contributed by atoms with Gasteiger partial charge in [-0.05, 0) is 50.3 Å². The minimum Gasteiger partial charge on any atom is -0.490 e. The van der Waals surface area contributed by atoms with Crippen molar-refractivity contribution in [1.29, 1.82) is 0 Å². The number of hydrogen-bond donors (Lipinski definition) is 1. The van der Waals surface area contributed by atoms with Crippen molar-refractivity contribution >= 4 is 0 Å². The highest BCUT2D eigenvalue weighted by atomic mass is 16.5. The maximum absolute atomic E-state index is 6.04. The number of benzene rings is 1. The molecule has 0 heterocycles. The molecular formula is C18H31NO2. The predicted molar refractivity (Wildman–Crippen MR) is 89.0 cm³/mol. The van der Waals surface area contributed by atoms with Gasteiger partial charge in [-0.2, -0.15) is 0 Å². The summed E-state index contributed by atoms with van der Waals surface area (Å²) in [6.07, 6.45) is 5.75. The molecular weight excluding hydrogens is 262 g/mol. The first-order valence-electron chi connectivity index (χ1n) is 8.26. The summed E-state index contributed by atoms with van der Waals surface area (Å²) in [5, 5.41) is 0. The van der Waals surface area contributed by atoms with Gasteiger partial charge in [0.05, 0.1) is 13.2 Å². The largest absolute Gasteiger partial charge is 0.490 e. The lowest BCUT2D eigenvalue weighted by Crippen LogP contribution is -2.31. The third-order valence-electron chi connectivity index (χ3n) is 4.28. The van der Waals surface area contributed by atoms with E-state index in [1.807, 2.05) is 31.2 Å². The molecule has 0 saturated carbocycles. The Balaban J connectivity index is 2.57. The van der Waals surface area contributed by atoms with Crippen molar-refractivity contribution in [2.75, 3.05) is 19.8 Å². The van der Waals surface area contributed by atoms with Gasteiger partial charge < -0.3 is 15.2 Å². The van der Waals surface area contributed by atoms with E-state index in [1.54, 1.807) is 0 Å². The maximum Gasteiger partial charge on any atom is 0.161 e. The molecule has 3 heteroatoms. The van der Waals surface area contributed by atoms with E-state index >= 15 is 0 Å². The van der Waals surface area contributed by atoms with E-state index in [2.05, 4.69) is 13.8 Å². The summed E-state index contributed by atoms with van der Waals surface area (Å²) in [7, 11) is 0. The van der Waals surface area contributed by atoms with E-state index in [0.717, 1.165) is 30.9 Å². The zero-order valence-corrected chi connectivity index (χ0v) is 13.9. The fourth-order valence-corrected chi connectivity index (χ4v) is 2.60. The van der Waals surface area contributed by atoms with Crippen LogP contribution < -0.4 is 15.2 Å². The zero-order valence-electron chi connectivity index (χ0n) is 13.9. The zero-order chi connectivity index (χ0) is 15.6. The van der Waals surface area contributed by atoms with Crippen LogP contribution >= 0.6 is 0 Å². The lowest BCUT2D eigenvalue weighted by atomic mass is 9.77. The van der Waals surface area contributed by atoms with Crippen molar-refractivity contribution in [2.24, 2.45) is 11.1 Å². The lowest BCUT2D eigenvalue weighted by Gasteiger charge is -2.31. The Labute approximate surface area is 129 Å². The molecule has 1 aromatic carbocycles. The van der Waals surface area contributed by atoms with Crippen molar-refractivity contribution in [3.8, 4) is 11.5 Å². The smallest absolute Gasteiger partial charge is 0.161 e. The minimum absolute atomic E-state index is 0.219. The monoisotopic (exact) mass is 293 g/mol. The van der Waals surface area contributed by atoms with Gasteiger partial charge in [0.25, 0.3) is 0 Å². The molecule has 0 amide bonds. The van der Waals surface area contributed by atoms with Gasteiger partial charge in [0.2, 0.25) is 0 Å². The Kier molecular flexibility index (Phi) is 8.21. The molecule has 2 N–H and O–H groups in total. The van der Waals surface area contributed by atoms with Crippen molar-refractivity contribution < 1.29 is 9.47 Å². The second-order valence-corrected chi connectivity index (χ2v) is 5.64. The molecule has 120 valence electrons. The predicted octanol–water partition coefficient (Wildman–Crippen LogP) is 4.40. The molecule has 0 bridgehead atoms. The van der Waals surface area contributed by atoms with Gasteiger partial charge in [0.15, 0.2) is 11.5 Å². The molecule has 0 spiro atoms. The molecule has 0 aliphatic carbocycles. The van der Waals surface area contributed by atoms with E-state index in [-0.39, 0.29) is 5.41 Å². The second-order valence-electron chi connectivity index (χ2n) is 5.64. The van der Waals surface area contributed by atoms with Gasteiger partial charge in [-0.3, -0.25) is 0 Å². The Hall–Kier alpha value is -1.22. The quantitative estimate of drug-likeness (QED) is 0.657. The van der Waals surface area contributed by atoms with E-state index in [4.69, 9.17) is 15.2 Å². The summed E-state index contributed by atoms with van der Waals surface area (Å²) in [4.78, 5) is 0. The van der Waals surface area contributed by atoms with Gasteiger partial charge in [0, 0.05) is 0 Å². The minimum atomic E-state index is 0.219. The first kappa shape index (κ1) is 17.8. The fourth-order valence-electron chi connectivity index (χ4n) is 2.60. The first-order chi connectivity index (χ1) is 10.2. The molecule has 0 radical (unpaired) electrons. The number of ether oxygens (including phenoxy) is 2. The highest BCUT2D eigenvalue weighted by molar-refractivity contribution is 5.39. The van der Waals surface area contributed by atoms with E-state index in [1.165, 1.54) is 19.3 Å². The number of rotatable bonds is 11. The molecule has 1 atom stereocenters. The average molecular weight is 293 g/mol. The van der Waals surface area contributed by atoms with Crippen LogP contribution in [-0.4, -0.2) is 19.8 Å². The van der Waals surface area contributed by atoms with Gasteiger partial charge in [-0.15, -0.1) is 0 Å². The number of unbranched alkanes of at least 4 members (excludes halogenated alkanes) is 1. The van der Waals surface area contributed by atoms with Crippen LogP contribution in [0.25, 0.3) is 0 Å². The molecule has 0 aliphatic rings. The fraction of sp³-hybridized carbons (Fsp3) is 0.667. The Morgan fingerprint density at radius 3 is 2.19 bits per heavy atom. The number of hydrogen-bond acceptors (Lipinski definition) is 3. The SMILES string of the molecule is CCCCC(CC)(CN)CCOc1ccccc1OCC. The summed E-state index contributed by atoms with van der Waals surface area (Å²) >= 11 is 0. The number of nitrogens with two attached hydrogens (primary N) is 1. The third kappa shape index (κ3) is 5.58. The second kappa shape index (κ2) is 9.67. The molecule has 0 fully saturated rings. The van der Waals surface area contributed by atoms with Gasteiger partial charge in [-0.25, -0.2) is 0 Å². The molecule has 21 heavy (non-hydrogen) atoms. The summed E-state index contributed by atoms with van der Waals surface area (Å²) < 4.78 is 11.5. The Morgan fingerprint density at radius 1 is 1.00 bits per heavy atom. The maximum atomic E-state index is 6.04. The lowest BCUT2D eigenvalue weighted by molar-refractivity contribution is 0.173. The molecule has 0 saturated heterocycles. The van der Waals surface area contributed by atoms with Crippen LogP contribution in [0, 0.1) is 5.41 Å². The molecule has 0 aromatic heterocycles. The molecule has 1 aromatic rings. The molecule has 1 rings (SSSR count). The van der Waals surface area contributed by atoms with Crippen LogP contribution in [0.3, 0.4) is 0 Å². The highest BCUT2D eigenvalue weighted by Crippen LogP contribution is 2.33. The normalized spacial score (nSPS) is 13.7. The summed E-state index contributed by atoms with van der Waals surface area (Å²) in [6, 6.07) is 7.86. The van der Waals surface area contributed by atoms with Crippen LogP contribution in [0.1, 0.15) is 52.9 Å². The van der Waals surface area contributed by atoms with E-state index in [0.29, 0.717) is 13.2 Å². The average Bonchev–Trinajstić information content (AvgIpc) is 2.53. The van der Waals surface area contributed by atoms with Crippen LogP contribution in [-0.2, 0) is 0 Å². The van der Waals surface area contributed by atoms with E-state index < -0.39 is 0 Å². The Morgan fingerprint density at radius 2 is 1.67 bits per heavy atom. The van der Waals surface area contributed by atoms with Crippen molar-refractivity contribution in [2.45, 2.75) is 52.9 Å². The van der Waals surface area contributed by atoms with Crippen LogP contribution in [0.5, 0.6) is 11.5 Å². The summed E-state index contributed by atoms with van der Waals surface area (Å²) in [5.41, 5.74) is 6.25. The highest BCUT2D eigenvalue weighted by Gasteiger charge is 2.25. The van der Waals surface area contributed by atoms with Gasteiger partial charge in [-0.1, -0.05) is 38.8 Å². The van der Waals surface area contributed by atoms with Crippen molar-refractivity contribution in [1.82, 2.24) is 0 Å². The van der Waals surface area contributed by atoms with Crippen LogP contribution in [0.15, 0.2) is 24.3 Å². The van der Waals surface area contributed by atoms with E-state index in [9.17, 15) is 0 Å². The Bertz CT molecular complexity index is 389.